The number of aliphatic hydroxyl groups is 1. The van der Waals surface area contributed by atoms with Crippen LogP contribution in [0.4, 0.5) is 4.39 Å². The predicted molar refractivity (Wildman–Crippen MR) is 207 cm³/mol. The summed E-state index contributed by atoms with van der Waals surface area (Å²) >= 11 is 0. The van der Waals surface area contributed by atoms with Crippen LogP contribution >= 0.6 is 7.75 Å². The van der Waals surface area contributed by atoms with Crippen LogP contribution in [0.2, 0.25) is 0 Å². The molecule has 4 N–H and O–H groups in total. The van der Waals surface area contributed by atoms with Crippen molar-refractivity contribution >= 4 is 13.7 Å². The first kappa shape index (κ1) is 45.7. The molecule has 0 spiro atoms. The van der Waals surface area contributed by atoms with Crippen molar-refractivity contribution in [1.29, 1.82) is 0 Å². The summed E-state index contributed by atoms with van der Waals surface area (Å²) in [5.74, 6) is -0.0402. The molecule has 13 nitrogen and oxygen atoms in total. The molecule has 296 valence electrons. The van der Waals surface area contributed by atoms with Gasteiger partial charge in [-0.2, -0.15) is 0 Å². The fraction of sp³-hybridized carbons (Fsp3) is 0.553. The number of aromatic nitrogens is 2. The van der Waals surface area contributed by atoms with Crippen LogP contribution in [0.3, 0.4) is 0 Å². The summed E-state index contributed by atoms with van der Waals surface area (Å²) in [6.07, 6.45) is 28.7. The highest BCUT2D eigenvalue weighted by Gasteiger charge is 2.55. The molecule has 5 atom stereocenters. The lowest BCUT2D eigenvalue weighted by atomic mass is 9.96. The molecule has 1 amide bonds. The Morgan fingerprint density at radius 2 is 1.55 bits per heavy atom. The van der Waals surface area contributed by atoms with Crippen LogP contribution in [0, 0.1) is 0 Å². The number of nitrogens with one attached hydrogen (secondary N) is 3. The number of rotatable bonds is 26. The van der Waals surface area contributed by atoms with Crippen molar-refractivity contribution < 1.29 is 32.6 Å². The highest BCUT2D eigenvalue weighted by atomic mass is 31.2. The lowest BCUT2D eigenvalue weighted by molar-refractivity contribution is -0.121. The Morgan fingerprint density at radius 3 is 2.09 bits per heavy atom. The van der Waals surface area contributed by atoms with Gasteiger partial charge in [0.25, 0.3) is 5.56 Å². The van der Waals surface area contributed by atoms with Crippen molar-refractivity contribution in [2.45, 2.75) is 89.3 Å². The lowest BCUT2D eigenvalue weighted by Gasteiger charge is -2.26. The summed E-state index contributed by atoms with van der Waals surface area (Å²) in [6.45, 7) is 4.42. The minimum Gasteiger partial charge on any atom is -0.384 e. The summed E-state index contributed by atoms with van der Waals surface area (Å²) in [4.78, 5) is 39.6. The number of H-pyrrole nitrogens is 1. The van der Waals surface area contributed by atoms with Crippen molar-refractivity contribution in [3.05, 3.63) is 106 Å². The average molecular weight is 764 g/mol. The van der Waals surface area contributed by atoms with Gasteiger partial charge in [-0.25, -0.2) is 18.8 Å². The molecular formula is C38H59FN5O8P. The van der Waals surface area contributed by atoms with Crippen LogP contribution in [-0.2, 0) is 23.1 Å². The fourth-order valence-electron chi connectivity index (χ4n) is 5.03. The van der Waals surface area contributed by atoms with E-state index >= 15 is 4.39 Å². The number of allylic oxidation sites excluding steroid dienone is 12. The molecule has 0 aromatic carbocycles. The summed E-state index contributed by atoms with van der Waals surface area (Å²) in [6, 6.07) is 1.03. The SMILES string of the molecule is CC/C=C\C/C=C\C/C=C\C/C=C\C/C=C\C/C=C\CCC(=O)NCCN(C)CCNP(=O)(OC)OC[C@H]1O[C@@H](n2ccc(=O)[nH]c2=O)[C@H](F)[C@]1(C)O. The van der Waals surface area contributed by atoms with Gasteiger partial charge in [0.05, 0.1) is 6.61 Å². The molecule has 53 heavy (non-hydrogen) atoms. The maximum Gasteiger partial charge on any atom is 0.405 e. The minimum atomic E-state index is -3.87. The molecule has 0 saturated carbocycles. The van der Waals surface area contributed by atoms with Crippen LogP contribution in [0.1, 0.15) is 71.4 Å². The second-order valence-corrected chi connectivity index (χ2v) is 14.6. The van der Waals surface area contributed by atoms with Gasteiger partial charge in [0.1, 0.15) is 11.7 Å². The van der Waals surface area contributed by atoms with Gasteiger partial charge >= 0.3 is 13.4 Å². The molecule has 15 heteroatoms. The molecule has 1 aliphatic rings. The summed E-state index contributed by atoms with van der Waals surface area (Å²) in [5, 5.41) is 16.3. The molecule has 2 heterocycles. The number of carbonyl (C=O) groups excluding carboxylic acids is 1. The number of amides is 1. The Bertz CT molecular complexity index is 1570. The van der Waals surface area contributed by atoms with Crippen molar-refractivity contribution in [2.24, 2.45) is 0 Å². The Balaban J connectivity index is 1.56. The van der Waals surface area contributed by atoms with Crippen LogP contribution in [0.25, 0.3) is 0 Å². The van der Waals surface area contributed by atoms with Crippen molar-refractivity contribution in [1.82, 2.24) is 24.9 Å². The second-order valence-electron chi connectivity index (χ2n) is 12.7. The number of carbonyl (C=O) groups is 1. The topological polar surface area (TPSA) is 164 Å². The van der Waals surface area contributed by atoms with Crippen molar-refractivity contribution in [3.8, 4) is 0 Å². The number of hydrogen-bond acceptors (Lipinski definition) is 9. The first-order valence-electron chi connectivity index (χ1n) is 18.2. The molecule has 1 saturated heterocycles. The summed E-state index contributed by atoms with van der Waals surface area (Å²) in [7, 11) is -0.845. The van der Waals surface area contributed by atoms with E-state index in [2.05, 4.69) is 84.2 Å². The van der Waals surface area contributed by atoms with Crippen molar-refractivity contribution in [2.75, 3.05) is 46.9 Å². The molecule has 1 unspecified atom stereocenters. The zero-order chi connectivity index (χ0) is 39.0. The van der Waals surface area contributed by atoms with E-state index in [-0.39, 0.29) is 12.5 Å². The summed E-state index contributed by atoms with van der Waals surface area (Å²) in [5.41, 5.74) is -3.67. The average Bonchev–Trinajstić information content (AvgIpc) is 3.35. The van der Waals surface area contributed by atoms with E-state index in [1.165, 1.54) is 14.0 Å². The van der Waals surface area contributed by atoms with Gasteiger partial charge in [-0.1, -0.05) is 79.8 Å². The smallest absolute Gasteiger partial charge is 0.384 e. The predicted octanol–water partition coefficient (Wildman–Crippen LogP) is 5.41. The van der Waals surface area contributed by atoms with Gasteiger partial charge in [-0.05, 0) is 58.9 Å². The molecule has 1 fully saturated rings. The quantitative estimate of drug-likeness (QED) is 0.0709. The van der Waals surface area contributed by atoms with Gasteiger partial charge in [-0.15, -0.1) is 0 Å². The monoisotopic (exact) mass is 763 g/mol. The normalized spacial score (nSPS) is 22.2. The van der Waals surface area contributed by atoms with E-state index in [9.17, 15) is 24.1 Å². The Morgan fingerprint density at radius 1 is 1.00 bits per heavy atom. The van der Waals surface area contributed by atoms with E-state index in [0.717, 1.165) is 55.4 Å². The van der Waals surface area contributed by atoms with Gasteiger partial charge < -0.3 is 24.6 Å². The zero-order valence-electron chi connectivity index (χ0n) is 31.5. The van der Waals surface area contributed by atoms with Crippen LogP contribution in [0.15, 0.2) is 94.8 Å². The third-order valence-corrected chi connectivity index (χ3v) is 9.86. The number of halogens is 1. The summed E-state index contributed by atoms with van der Waals surface area (Å²) < 4.78 is 45.0. The molecule has 0 aliphatic carbocycles. The Labute approximate surface area is 313 Å². The number of ether oxygens (including phenoxy) is 1. The van der Waals surface area contributed by atoms with Gasteiger partial charge in [0.2, 0.25) is 5.91 Å². The molecule has 0 bridgehead atoms. The van der Waals surface area contributed by atoms with E-state index in [1.54, 1.807) is 0 Å². The van der Waals surface area contributed by atoms with Crippen LogP contribution in [0.5, 0.6) is 0 Å². The first-order valence-corrected chi connectivity index (χ1v) is 19.7. The molecule has 1 aromatic rings. The third kappa shape index (κ3) is 17.9. The maximum atomic E-state index is 15.1. The standard InChI is InChI=1S/C38H59FN5O8P/c1-5-6-7-8-9-10-11-12-13-14-15-16-17-18-19-20-21-22-23-24-33(45)40-26-29-43(3)30-27-41-53(49,50-4)51-31-32-38(2,48)35(39)36(52-32)44-28-25-34(46)42-37(44)47/h6-7,9-10,12-13,15-16,18-19,21-22,25,28,32,35-36,48H,5,8,11,14,17,20,23-24,26-27,29-31H2,1-4H3,(H,40,45)(H,41,49)(H,42,46,47)/b7-6-,10-9-,13-12-,16-15-,19-18-,22-21-/t32-,35+,36-,38-,53?/m1/s1. The Kier molecular flexibility index (Phi) is 22.0. The van der Waals surface area contributed by atoms with Crippen LogP contribution < -0.4 is 21.7 Å². The third-order valence-electron chi connectivity index (χ3n) is 8.28. The largest absolute Gasteiger partial charge is 0.405 e. The molecule has 1 aliphatic heterocycles. The molecule has 0 radical (unpaired) electrons. The van der Waals surface area contributed by atoms with Gasteiger partial charge in [-0.3, -0.25) is 23.7 Å². The van der Waals surface area contributed by atoms with E-state index in [1.807, 2.05) is 23.0 Å². The minimum absolute atomic E-state index is 0.0402. The van der Waals surface area contributed by atoms with Crippen molar-refractivity contribution in [3.63, 3.8) is 0 Å². The molecule has 1 aromatic heterocycles. The van der Waals surface area contributed by atoms with Gasteiger partial charge in [0.15, 0.2) is 12.4 Å². The molecule has 2 rings (SSSR count). The van der Waals surface area contributed by atoms with Gasteiger partial charge in [0, 0.05) is 52.0 Å². The highest BCUT2D eigenvalue weighted by molar-refractivity contribution is 7.51. The highest BCUT2D eigenvalue weighted by Crippen LogP contribution is 2.45. The Hall–Kier alpha value is -3.49. The number of alkyl halides is 1. The van der Waals surface area contributed by atoms with E-state index in [4.69, 9.17) is 13.8 Å². The first-order chi connectivity index (χ1) is 25.4. The van der Waals surface area contributed by atoms with E-state index < -0.39 is 49.7 Å². The zero-order valence-corrected chi connectivity index (χ0v) is 32.4. The van der Waals surface area contributed by atoms with Crippen LogP contribution in [-0.4, -0.2) is 90.3 Å². The number of hydrogen-bond donors (Lipinski definition) is 4. The second kappa shape index (κ2) is 25.5. The number of likely N-dealkylation sites (N-methyl/N-ethyl adjacent to an activating group) is 1. The van der Waals surface area contributed by atoms with E-state index in [0.29, 0.717) is 32.5 Å². The lowest BCUT2D eigenvalue weighted by Crippen LogP contribution is -2.45. The maximum absolute atomic E-state index is 15.1. The number of nitrogens with zero attached hydrogens (tertiary/aromatic N) is 2. The number of aromatic amines is 1. The fourth-order valence-corrected chi connectivity index (χ4v) is 6.06. The molecular weight excluding hydrogens is 704 g/mol.